The van der Waals surface area contributed by atoms with E-state index < -0.39 is 0 Å². The number of H-pyrrole nitrogens is 1. The molecule has 5 nitrogen and oxygen atoms in total. The second-order valence-electron chi connectivity index (χ2n) is 7.06. The first-order valence-corrected chi connectivity index (χ1v) is 8.96. The summed E-state index contributed by atoms with van der Waals surface area (Å²) in [4.78, 5) is 18.2. The second-order valence-corrected chi connectivity index (χ2v) is 7.06. The van der Waals surface area contributed by atoms with Crippen LogP contribution in [0, 0.1) is 5.92 Å². The van der Waals surface area contributed by atoms with Gasteiger partial charge in [-0.2, -0.15) is 0 Å². The predicted molar refractivity (Wildman–Crippen MR) is 94.2 cm³/mol. The molecule has 1 aromatic heterocycles. The number of aromatic nitrogens is 1. The van der Waals surface area contributed by atoms with E-state index in [-0.39, 0.29) is 11.9 Å². The summed E-state index contributed by atoms with van der Waals surface area (Å²) in [7, 11) is 0. The number of ether oxygens (including phenoxy) is 1. The minimum atomic E-state index is 0.0424. The molecule has 2 saturated heterocycles. The minimum Gasteiger partial charge on any atom is -0.381 e. The van der Waals surface area contributed by atoms with Crippen molar-refractivity contribution in [2.45, 2.75) is 25.3 Å². The molecule has 0 spiro atoms. The SMILES string of the molecule is O=C(NC1CCN(C[C@@H]2CCOC2)CC1)c1ccc2[nH]ccc2c1. The summed E-state index contributed by atoms with van der Waals surface area (Å²) in [5, 5.41) is 4.29. The zero-order valence-electron chi connectivity index (χ0n) is 14.0. The van der Waals surface area contributed by atoms with E-state index in [1.807, 2.05) is 30.5 Å². The first kappa shape index (κ1) is 15.7. The highest BCUT2D eigenvalue weighted by atomic mass is 16.5. The Kier molecular flexibility index (Phi) is 4.54. The van der Waals surface area contributed by atoms with Crippen LogP contribution in [0.3, 0.4) is 0 Å². The Bertz CT molecular complexity index is 697. The lowest BCUT2D eigenvalue weighted by atomic mass is 10.0. The Morgan fingerprint density at radius 3 is 2.92 bits per heavy atom. The van der Waals surface area contributed by atoms with Crippen LogP contribution >= 0.6 is 0 Å². The van der Waals surface area contributed by atoms with Crippen LogP contribution in [0.4, 0.5) is 0 Å². The number of nitrogens with zero attached hydrogens (tertiary/aromatic N) is 1. The number of rotatable bonds is 4. The molecule has 0 unspecified atom stereocenters. The fourth-order valence-corrected chi connectivity index (χ4v) is 3.82. The van der Waals surface area contributed by atoms with E-state index in [2.05, 4.69) is 15.2 Å². The van der Waals surface area contributed by atoms with Crippen molar-refractivity contribution in [2.24, 2.45) is 5.92 Å². The van der Waals surface area contributed by atoms with E-state index in [4.69, 9.17) is 4.74 Å². The Hall–Kier alpha value is -1.85. The van der Waals surface area contributed by atoms with Gasteiger partial charge >= 0.3 is 0 Å². The van der Waals surface area contributed by atoms with Crippen molar-refractivity contribution in [3.05, 3.63) is 36.0 Å². The molecule has 0 aliphatic carbocycles. The zero-order chi connectivity index (χ0) is 16.4. The molecule has 4 rings (SSSR count). The third-order valence-corrected chi connectivity index (χ3v) is 5.28. The van der Waals surface area contributed by atoms with E-state index in [0.29, 0.717) is 5.92 Å². The van der Waals surface area contributed by atoms with Gasteiger partial charge < -0.3 is 19.9 Å². The highest BCUT2D eigenvalue weighted by Gasteiger charge is 2.24. The van der Waals surface area contributed by atoms with Crippen LogP contribution < -0.4 is 5.32 Å². The summed E-state index contributed by atoms with van der Waals surface area (Å²) in [6.07, 6.45) is 5.16. The molecule has 2 aliphatic rings. The number of benzene rings is 1. The number of aromatic amines is 1. The molecule has 5 heteroatoms. The molecule has 1 atom stereocenters. The average Bonchev–Trinajstić information content (AvgIpc) is 3.27. The van der Waals surface area contributed by atoms with Gasteiger partial charge in [0.2, 0.25) is 0 Å². The maximum Gasteiger partial charge on any atom is 0.251 e. The van der Waals surface area contributed by atoms with Crippen molar-refractivity contribution < 1.29 is 9.53 Å². The highest BCUT2D eigenvalue weighted by molar-refractivity contribution is 5.98. The summed E-state index contributed by atoms with van der Waals surface area (Å²) in [6, 6.07) is 8.10. The van der Waals surface area contributed by atoms with Crippen LogP contribution in [0.5, 0.6) is 0 Å². The first-order chi connectivity index (χ1) is 11.8. The molecule has 0 radical (unpaired) electrons. The largest absolute Gasteiger partial charge is 0.381 e. The van der Waals surface area contributed by atoms with Crippen LogP contribution in [0.15, 0.2) is 30.5 Å². The van der Waals surface area contributed by atoms with Crippen molar-refractivity contribution in [2.75, 3.05) is 32.8 Å². The summed E-state index contributed by atoms with van der Waals surface area (Å²) in [5.41, 5.74) is 1.81. The molecule has 24 heavy (non-hydrogen) atoms. The van der Waals surface area contributed by atoms with Gasteiger partial charge in [0.15, 0.2) is 0 Å². The lowest BCUT2D eigenvalue weighted by Crippen LogP contribution is -2.45. The van der Waals surface area contributed by atoms with E-state index in [1.54, 1.807) is 0 Å². The van der Waals surface area contributed by atoms with Crippen LogP contribution in [0.2, 0.25) is 0 Å². The number of nitrogens with one attached hydrogen (secondary N) is 2. The third-order valence-electron chi connectivity index (χ3n) is 5.28. The third kappa shape index (κ3) is 3.47. The Morgan fingerprint density at radius 1 is 1.25 bits per heavy atom. The molecule has 1 amide bonds. The van der Waals surface area contributed by atoms with Gasteiger partial charge in [0.1, 0.15) is 0 Å². The molecule has 2 aliphatic heterocycles. The first-order valence-electron chi connectivity index (χ1n) is 8.96. The van der Waals surface area contributed by atoms with Crippen LogP contribution in [0.1, 0.15) is 29.6 Å². The molecule has 0 saturated carbocycles. The second kappa shape index (κ2) is 6.95. The fraction of sp³-hybridized carbons (Fsp3) is 0.526. The molecular formula is C19H25N3O2. The van der Waals surface area contributed by atoms with Gasteiger partial charge in [0, 0.05) is 54.9 Å². The molecule has 1 aromatic carbocycles. The summed E-state index contributed by atoms with van der Waals surface area (Å²) >= 11 is 0. The van der Waals surface area contributed by atoms with Crippen molar-refractivity contribution in [3.63, 3.8) is 0 Å². The van der Waals surface area contributed by atoms with Crippen LogP contribution in [-0.4, -0.2) is 54.7 Å². The van der Waals surface area contributed by atoms with Gasteiger partial charge in [0.05, 0.1) is 6.61 Å². The highest BCUT2D eigenvalue weighted by Crippen LogP contribution is 2.19. The number of hydrogen-bond acceptors (Lipinski definition) is 3. The van der Waals surface area contributed by atoms with Gasteiger partial charge in [-0.25, -0.2) is 0 Å². The van der Waals surface area contributed by atoms with Gasteiger partial charge in [0.25, 0.3) is 5.91 Å². The number of carbonyl (C=O) groups excluding carboxylic acids is 1. The summed E-state index contributed by atoms with van der Waals surface area (Å²) in [6.45, 7) is 5.11. The number of fused-ring (bicyclic) bond motifs is 1. The summed E-state index contributed by atoms with van der Waals surface area (Å²) < 4.78 is 5.46. The Balaban J connectivity index is 1.29. The topological polar surface area (TPSA) is 57.4 Å². The maximum absolute atomic E-state index is 12.5. The smallest absolute Gasteiger partial charge is 0.251 e. The van der Waals surface area contributed by atoms with Gasteiger partial charge in [-0.15, -0.1) is 0 Å². The molecule has 128 valence electrons. The number of hydrogen-bond donors (Lipinski definition) is 2. The Morgan fingerprint density at radius 2 is 2.12 bits per heavy atom. The number of carbonyl (C=O) groups is 1. The average molecular weight is 327 g/mol. The summed E-state index contributed by atoms with van der Waals surface area (Å²) in [5.74, 6) is 0.741. The maximum atomic E-state index is 12.5. The van der Waals surface area contributed by atoms with Crippen molar-refractivity contribution in [1.29, 1.82) is 0 Å². The molecule has 2 fully saturated rings. The van der Waals surface area contributed by atoms with Crippen LogP contribution in [0.25, 0.3) is 10.9 Å². The van der Waals surface area contributed by atoms with Crippen molar-refractivity contribution in [1.82, 2.24) is 15.2 Å². The van der Waals surface area contributed by atoms with Gasteiger partial charge in [-0.1, -0.05) is 0 Å². The van der Waals surface area contributed by atoms with Crippen molar-refractivity contribution >= 4 is 16.8 Å². The number of amides is 1. The van der Waals surface area contributed by atoms with E-state index in [9.17, 15) is 4.79 Å². The fourth-order valence-electron chi connectivity index (χ4n) is 3.82. The van der Waals surface area contributed by atoms with Crippen molar-refractivity contribution in [3.8, 4) is 0 Å². The minimum absolute atomic E-state index is 0.0424. The number of piperidine rings is 1. The standard InChI is InChI=1S/C19H25N3O2/c23-19(16-1-2-18-15(11-16)3-7-20-18)21-17-4-8-22(9-5-17)12-14-6-10-24-13-14/h1-3,7,11,14,17,20H,4-6,8-10,12-13H2,(H,21,23)/t14-/m0/s1. The van der Waals surface area contributed by atoms with E-state index in [0.717, 1.165) is 62.2 Å². The molecule has 2 aromatic rings. The number of likely N-dealkylation sites (tertiary alicyclic amines) is 1. The molecule has 0 bridgehead atoms. The lowest BCUT2D eigenvalue weighted by Gasteiger charge is -2.33. The molecule has 2 N–H and O–H groups in total. The molecule has 3 heterocycles. The van der Waals surface area contributed by atoms with Gasteiger partial charge in [-0.3, -0.25) is 4.79 Å². The Labute approximate surface area is 142 Å². The lowest BCUT2D eigenvalue weighted by molar-refractivity contribution is 0.0903. The monoisotopic (exact) mass is 327 g/mol. The van der Waals surface area contributed by atoms with E-state index in [1.165, 1.54) is 6.42 Å². The van der Waals surface area contributed by atoms with Crippen LogP contribution in [-0.2, 0) is 4.74 Å². The van der Waals surface area contributed by atoms with Gasteiger partial charge in [-0.05, 0) is 49.4 Å². The molecular weight excluding hydrogens is 302 g/mol. The van der Waals surface area contributed by atoms with E-state index >= 15 is 0 Å². The normalized spacial score (nSPS) is 22.9. The predicted octanol–water partition coefficient (Wildman–Crippen LogP) is 2.40. The zero-order valence-corrected chi connectivity index (χ0v) is 14.0. The quantitative estimate of drug-likeness (QED) is 0.906.